The highest BCUT2D eigenvalue weighted by molar-refractivity contribution is 5.44. The summed E-state index contributed by atoms with van der Waals surface area (Å²) in [6, 6.07) is 7.37. The van der Waals surface area contributed by atoms with Crippen molar-refractivity contribution in [3.05, 3.63) is 65.9 Å². The van der Waals surface area contributed by atoms with Crippen molar-refractivity contribution in [1.29, 1.82) is 0 Å². The highest BCUT2D eigenvalue weighted by Crippen LogP contribution is 2.70. The lowest BCUT2D eigenvalue weighted by molar-refractivity contribution is 0.0301. The third-order valence-corrected chi connectivity index (χ3v) is 7.20. The molecule has 0 spiro atoms. The number of rotatable bonds is 6. The molecule has 2 aromatic heterocycles. The predicted octanol–water partition coefficient (Wildman–Crippen LogP) is 2.46. The molecule has 1 aliphatic carbocycles. The van der Waals surface area contributed by atoms with Crippen molar-refractivity contribution >= 4 is 5.82 Å². The number of anilines is 1. The summed E-state index contributed by atoms with van der Waals surface area (Å²) >= 11 is 0. The molecule has 6 rings (SSSR count). The topological polar surface area (TPSA) is 77.3 Å². The minimum Gasteiger partial charge on any atom is -0.491 e. The molecule has 10 heteroatoms. The zero-order valence-electron chi connectivity index (χ0n) is 18.8. The van der Waals surface area contributed by atoms with Gasteiger partial charge in [-0.3, -0.25) is 0 Å². The lowest BCUT2D eigenvalue weighted by Gasteiger charge is -2.28. The van der Waals surface area contributed by atoms with Crippen molar-refractivity contribution in [3.8, 4) is 5.75 Å². The highest BCUT2D eigenvalue weighted by Gasteiger charge is 2.75. The summed E-state index contributed by atoms with van der Waals surface area (Å²) in [7, 11) is 0. The molecular weight excluding hydrogens is 442 g/mol. The number of hydrogen-bond acceptors (Lipinski definition) is 7. The van der Waals surface area contributed by atoms with E-state index in [2.05, 4.69) is 20.3 Å². The summed E-state index contributed by atoms with van der Waals surface area (Å²) < 4.78 is 42.5. The number of benzene rings is 1. The van der Waals surface area contributed by atoms with E-state index in [1.54, 1.807) is 11.0 Å². The summed E-state index contributed by atoms with van der Waals surface area (Å²) in [5, 5.41) is 7.62. The Morgan fingerprint density at radius 2 is 2.06 bits per heavy atom. The molecule has 178 valence electrons. The lowest BCUT2D eigenvalue weighted by Crippen LogP contribution is -2.43. The monoisotopic (exact) mass is 468 g/mol. The number of hydrogen-bond donors (Lipinski definition) is 1. The summed E-state index contributed by atoms with van der Waals surface area (Å²) in [6.07, 6.45) is 3.06. The molecule has 4 heterocycles. The van der Waals surface area contributed by atoms with Crippen molar-refractivity contribution in [2.45, 2.75) is 18.6 Å². The molecule has 34 heavy (non-hydrogen) atoms. The molecule has 2 unspecified atom stereocenters. The molecule has 1 N–H and O–H groups in total. The Kier molecular flexibility index (Phi) is 5.22. The van der Waals surface area contributed by atoms with Crippen LogP contribution in [-0.2, 0) is 10.3 Å². The highest BCUT2D eigenvalue weighted by atomic mass is 19.1. The van der Waals surface area contributed by atoms with E-state index in [0.717, 1.165) is 49.5 Å². The molecule has 3 aromatic rings. The minimum atomic E-state index is -0.904. The Labute approximate surface area is 195 Å². The molecule has 2 aliphatic heterocycles. The lowest BCUT2D eigenvalue weighted by atomic mass is 10.0. The van der Waals surface area contributed by atoms with E-state index in [4.69, 9.17) is 14.5 Å². The first-order valence-electron chi connectivity index (χ1n) is 11.6. The number of aryl methyl sites for hydroxylation is 1. The van der Waals surface area contributed by atoms with Gasteiger partial charge in [0.05, 0.1) is 24.9 Å². The van der Waals surface area contributed by atoms with Crippen LogP contribution in [0.15, 0.2) is 43.0 Å². The van der Waals surface area contributed by atoms with E-state index in [0.29, 0.717) is 18.8 Å². The average Bonchev–Trinajstić information content (AvgIpc) is 3.17. The number of halogens is 2. The first-order chi connectivity index (χ1) is 16.6. The van der Waals surface area contributed by atoms with Gasteiger partial charge in [-0.15, -0.1) is 0 Å². The molecule has 4 atom stereocenters. The van der Waals surface area contributed by atoms with Crippen LogP contribution >= 0.6 is 0 Å². The first kappa shape index (κ1) is 21.4. The molecule has 3 aliphatic rings. The molecule has 8 nitrogen and oxygen atoms in total. The van der Waals surface area contributed by atoms with Gasteiger partial charge in [-0.25, -0.2) is 23.4 Å². The van der Waals surface area contributed by atoms with Crippen LogP contribution < -0.4 is 15.0 Å². The van der Waals surface area contributed by atoms with Gasteiger partial charge in [-0.1, -0.05) is 6.07 Å². The Balaban J connectivity index is 1.21. The average molecular weight is 469 g/mol. The Morgan fingerprint density at radius 3 is 2.79 bits per heavy atom. The van der Waals surface area contributed by atoms with Crippen molar-refractivity contribution in [2.75, 3.05) is 44.3 Å². The maximum Gasteiger partial charge on any atom is 0.140 e. The van der Waals surface area contributed by atoms with Crippen molar-refractivity contribution in [1.82, 2.24) is 25.1 Å². The maximum absolute atomic E-state index is 14.8. The molecule has 1 saturated carbocycles. The number of nitrogens with zero attached hydrogens (tertiary/aromatic N) is 5. The van der Waals surface area contributed by atoms with E-state index < -0.39 is 17.2 Å². The second-order valence-electron chi connectivity index (χ2n) is 9.14. The summed E-state index contributed by atoms with van der Waals surface area (Å²) in [5.41, 5.74) is 0.272. The van der Waals surface area contributed by atoms with Crippen LogP contribution in [0, 0.1) is 30.4 Å². The van der Waals surface area contributed by atoms with Crippen LogP contribution in [0.2, 0.25) is 0 Å². The van der Waals surface area contributed by atoms with Gasteiger partial charge in [0.2, 0.25) is 0 Å². The van der Waals surface area contributed by atoms with Gasteiger partial charge >= 0.3 is 0 Å². The standard InChI is InChI=1S/C24H26F2N6O2/c1-15-20(4-5-21(30-15)31-8-6-27-7-9-31)33-11-16-12-34-24(18-3-2-17(25)10-19(18)26)22(16)23(24)32-14-28-13-29-32/h2-5,10,13-14,16,22-23,27H,6-9,11-12H2,1H3/t16-,22?,23?,24+/m1/s1. The van der Waals surface area contributed by atoms with Gasteiger partial charge in [0.25, 0.3) is 0 Å². The van der Waals surface area contributed by atoms with Gasteiger partial charge < -0.3 is 19.7 Å². The number of fused-ring (bicyclic) bond motifs is 1. The van der Waals surface area contributed by atoms with Gasteiger partial charge in [0.15, 0.2) is 0 Å². The van der Waals surface area contributed by atoms with Crippen LogP contribution in [0.4, 0.5) is 14.6 Å². The fourth-order valence-electron chi connectivity index (χ4n) is 5.56. The van der Waals surface area contributed by atoms with Gasteiger partial charge in [0.1, 0.15) is 41.5 Å². The van der Waals surface area contributed by atoms with Crippen LogP contribution in [0.5, 0.6) is 5.75 Å². The van der Waals surface area contributed by atoms with Crippen molar-refractivity contribution in [3.63, 3.8) is 0 Å². The molecule has 1 aromatic carbocycles. The fourth-order valence-corrected chi connectivity index (χ4v) is 5.56. The molecule has 2 saturated heterocycles. The van der Waals surface area contributed by atoms with Crippen LogP contribution in [0.25, 0.3) is 0 Å². The second-order valence-corrected chi connectivity index (χ2v) is 9.14. The molecule has 0 amide bonds. The predicted molar refractivity (Wildman–Crippen MR) is 120 cm³/mol. The third-order valence-electron chi connectivity index (χ3n) is 7.20. The van der Waals surface area contributed by atoms with E-state index in [-0.39, 0.29) is 17.9 Å². The molecule has 0 bridgehead atoms. The number of ether oxygens (including phenoxy) is 2. The Bertz CT molecular complexity index is 1190. The van der Waals surface area contributed by atoms with Gasteiger partial charge in [0, 0.05) is 49.6 Å². The Morgan fingerprint density at radius 1 is 1.21 bits per heavy atom. The second kappa shape index (κ2) is 8.28. The number of nitrogens with one attached hydrogen (secondary N) is 1. The van der Waals surface area contributed by atoms with E-state index >= 15 is 0 Å². The zero-order valence-corrected chi connectivity index (χ0v) is 18.8. The zero-order chi connectivity index (χ0) is 23.3. The van der Waals surface area contributed by atoms with Crippen LogP contribution in [-0.4, -0.2) is 59.1 Å². The van der Waals surface area contributed by atoms with Crippen LogP contribution in [0.1, 0.15) is 17.3 Å². The SMILES string of the molecule is Cc1nc(N2CCNCC2)ccc1OC[C@@H]1CO[C@@]2(c3ccc(F)cc3F)C1C2n1cncn1. The van der Waals surface area contributed by atoms with Crippen LogP contribution in [0.3, 0.4) is 0 Å². The van der Waals surface area contributed by atoms with Crippen molar-refractivity contribution in [2.24, 2.45) is 11.8 Å². The normalized spacial score (nSPS) is 28.1. The number of pyridine rings is 1. The van der Waals surface area contributed by atoms with E-state index in [9.17, 15) is 8.78 Å². The molecule has 3 fully saturated rings. The Hall–Kier alpha value is -3.11. The third kappa shape index (κ3) is 3.43. The van der Waals surface area contributed by atoms with Gasteiger partial charge in [-0.05, 0) is 25.1 Å². The number of piperazine rings is 1. The van der Waals surface area contributed by atoms with Crippen molar-refractivity contribution < 1.29 is 18.3 Å². The van der Waals surface area contributed by atoms with Gasteiger partial charge in [-0.2, -0.15) is 5.10 Å². The number of aromatic nitrogens is 4. The fraction of sp³-hybridized carbons (Fsp3) is 0.458. The quantitative estimate of drug-likeness (QED) is 0.596. The van der Waals surface area contributed by atoms with E-state index in [1.165, 1.54) is 18.5 Å². The largest absolute Gasteiger partial charge is 0.491 e. The molecule has 0 radical (unpaired) electrons. The molecular formula is C24H26F2N6O2. The summed E-state index contributed by atoms with van der Waals surface area (Å²) in [6.45, 7) is 6.52. The minimum absolute atomic E-state index is 0.00546. The first-order valence-corrected chi connectivity index (χ1v) is 11.6. The summed E-state index contributed by atoms with van der Waals surface area (Å²) in [4.78, 5) is 11.0. The maximum atomic E-state index is 14.8. The summed E-state index contributed by atoms with van der Waals surface area (Å²) in [5.74, 6) is 0.389. The van der Waals surface area contributed by atoms with E-state index in [1.807, 2.05) is 19.1 Å². The smallest absolute Gasteiger partial charge is 0.140 e.